The van der Waals surface area contributed by atoms with Gasteiger partial charge in [-0.2, -0.15) is 0 Å². The summed E-state index contributed by atoms with van der Waals surface area (Å²) in [4.78, 5) is 26.3. The predicted octanol–water partition coefficient (Wildman–Crippen LogP) is -0.611. The molecule has 1 fully saturated rings. The van der Waals surface area contributed by atoms with Crippen LogP contribution in [0.1, 0.15) is 12.7 Å². The number of ether oxygens (including phenoxy) is 1. The van der Waals surface area contributed by atoms with Crippen LogP contribution in [-0.4, -0.2) is 73.5 Å². The minimum Gasteiger partial charge on any atom is -0.480 e. The smallest absolute Gasteiger partial charge is 0.329 e. The largest absolute Gasteiger partial charge is 0.480 e. The summed E-state index contributed by atoms with van der Waals surface area (Å²) in [7, 11) is 0. The third-order valence-corrected chi connectivity index (χ3v) is 3.77. The van der Waals surface area contributed by atoms with E-state index in [-0.39, 0.29) is 12.6 Å². The predicted molar refractivity (Wildman–Crippen MR) is 69.4 cm³/mol. The molecular formula is C12H17N5O4. The molecule has 1 aromatic rings. The van der Waals surface area contributed by atoms with Gasteiger partial charge in [-0.15, -0.1) is 10.2 Å². The third-order valence-electron chi connectivity index (χ3n) is 3.77. The summed E-state index contributed by atoms with van der Waals surface area (Å²) in [5.41, 5.74) is -0.566. The first-order valence-electron chi connectivity index (χ1n) is 6.73. The normalized spacial score (nSPS) is 19.9. The van der Waals surface area contributed by atoms with Gasteiger partial charge >= 0.3 is 12.0 Å². The summed E-state index contributed by atoms with van der Waals surface area (Å²) in [6.45, 7) is 4.03. The molecule has 3 rings (SSSR count). The highest BCUT2D eigenvalue weighted by atomic mass is 16.5. The fourth-order valence-electron chi connectivity index (χ4n) is 2.65. The quantitative estimate of drug-likeness (QED) is 0.798. The zero-order valence-corrected chi connectivity index (χ0v) is 11.7. The van der Waals surface area contributed by atoms with Gasteiger partial charge in [0.1, 0.15) is 18.5 Å². The van der Waals surface area contributed by atoms with Crippen molar-refractivity contribution in [1.29, 1.82) is 0 Å². The molecule has 3 heterocycles. The van der Waals surface area contributed by atoms with Gasteiger partial charge in [-0.25, -0.2) is 9.59 Å². The molecule has 2 amide bonds. The first-order valence-corrected chi connectivity index (χ1v) is 6.73. The number of hydrogen-bond donors (Lipinski definition) is 1. The number of rotatable bonds is 3. The van der Waals surface area contributed by atoms with E-state index in [9.17, 15) is 9.59 Å². The molecule has 114 valence electrons. The third kappa shape index (κ3) is 2.68. The van der Waals surface area contributed by atoms with E-state index in [4.69, 9.17) is 9.84 Å². The Labute approximate surface area is 121 Å². The van der Waals surface area contributed by atoms with Crippen LogP contribution in [0.2, 0.25) is 0 Å². The number of fused-ring (bicyclic) bond motifs is 1. The summed E-state index contributed by atoms with van der Waals surface area (Å²) in [6.07, 6.45) is 1.66. The average molecular weight is 295 g/mol. The number of carboxylic acid groups (broad SMARTS) is 1. The van der Waals surface area contributed by atoms with E-state index in [0.717, 1.165) is 5.82 Å². The maximum absolute atomic E-state index is 12.4. The zero-order chi connectivity index (χ0) is 15.0. The van der Waals surface area contributed by atoms with Crippen molar-refractivity contribution in [2.24, 2.45) is 0 Å². The standard InChI is InChI=1S/C12H17N5O4/c1-12(21-5-10(18)19)6-17(7-12)11(20)15-2-3-16-8-13-14-9(16)4-15/h8H,2-7H2,1H3,(H,18,19). The molecule has 0 radical (unpaired) electrons. The van der Waals surface area contributed by atoms with Gasteiger partial charge in [0.25, 0.3) is 0 Å². The van der Waals surface area contributed by atoms with Crippen LogP contribution in [0.3, 0.4) is 0 Å². The average Bonchev–Trinajstić information content (AvgIpc) is 2.88. The maximum atomic E-state index is 12.4. The van der Waals surface area contributed by atoms with Crippen LogP contribution in [0.15, 0.2) is 6.33 Å². The van der Waals surface area contributed by atoms with Gasteiger partial charge in [0, 0.05) is 13.1 Å². The minimum absolute atomic E-state index is 0.0688. The molecule has 0 saturated carbocycles. The van der Waals surface area contributed by atoms with Crippen LogP contribution in [0, 0.1) is 0 Å². The van der Waals surface area contributed by atoms with Crippen LogP contribution in [0.5, 0.6) is 0 Å². The summed E-state index contributed by atoms with van der Waals surface area (Å²) in [6, 6.07) is -0.0688. The molecule has 0 aliphatic carbocycles. The van der Waals surface area contributed by atoms with Crippen molar-refractivity contribution in [3.63, 3.8) is 0 Å². The van der Waals surface area contributed by atoms with Gasteiger partial charge in [0.2, 0.25) is 0 Å². The zero-order valence-electron chi connectivity index (χ0n) is 11.7. The maximum Gasteiger partial charge on any atom is 0.329 e. The topological polar surface area (TPSA) is 101 Å². The lowest BCUT2D eigenvalue weighted by Gasteiger charge is -2.48. The van der Waals surface area contributed by atoms with Crippen molar-refractivity contribution in [2.75, 3.05) is 26.2 Å². The van der Waals surface area contributed by atoms with Crippen molar-refractivity contribution < 1.29 is 19.4 Å². The van der Waals surface area contributed by atoms with Gasteiger partial charge in [-0.05, 0) is 6.92 Å². The van der Waals surface area contributed by atoms with Crippen LogP contribution in [-0.2, 0) is 22.6 Å². The number of aliphatic carboxylic acids is 1. The van der Waals surface area contributed by atoms with E-state index >= 15 is 0 Å². The Kier molecular flexibility index (Phi) is 3.28. The Morgan fingerprint density at radius 3 is 2.86 bits per heavy atom. The Bertz CT molecular complexity index is 566. The highest BCUT2D eigenvalue weighted by Crippen LogP contribution is 2.26. The number of urea groups is 1. The summed E-state index contributed by atoms with van der Waals surface area (Å²) < 4.78 is 7.23. The minimum atomic E-state index is -1.00. The number of carboxylic acids is 1. The highest BCUT2D eigenvalue weighted by molar-refractivity contribution is 5.76. The number of carbonyl (C=O) groups is 2. The van der Waals surface area contributed by atoms with Crippen molar-refractivity contribution >= 4 is 12.0 Å². The molecule has 0 bridgehead atoms. The lowest BCUT2D eigenvalue weighted by Crippen LogP contribution is -2.66. The number of nitrogens with zero attached hydrogens (tertiary/aromatic N) is 5. The second kappa shape index (κ2) is 4.99. The Morgan fingerprint density at radius 2 is 2.14 bits per heavy atom. The fourth-order valence-corrected chi connectivity index (χ4v) is 2.65. The second-order valence-corrected chi connectivity index (χ2v) is 5.63. The molecule has 1 aromatic heterocycles. The van der Waals surface area contributed by atoms with E-state index in [2.05, 4.69) is 10.2 Å². The van der Waals surface area contributed by atoms with Gasteiger partial charge in [-0.3, -0.25) is 0 Å². The number of aromatic nitrogens is 3. The van der Waals surface area contributed by atoms with Crippen LogP contribution < -0.4 is 0 Å². The molecule has 0 aromatic carbocycles. The molecule has 9 nitrogen and oxygen atoms in total. The van der Waals surface area contributed by atoms with E-state index in [1.165, 1.54) is 0 Å². The Hall–Kier alpha value is -2.16. The molecule has 9 heteroatoms. The SMILES string of the molecule is CC1(OCC(=O)O)CN(C(=O)N2CCn3cnnc3C2)C1. The Balaban J connectivity index is 1.53. The van der Waals surface area contributed by atoms with E-state index in [1.54, 1.807) is 16.1 Å². The number of carbonyl (C=O) groups excluding carboxylic acids is 1. The first kappa shape index (κ1) is 13.8. The highest BCUT2D eigenvalue weighted by Gasteiger charge is 2.44. The van der Waals surface area contributed by atoms with Crippen LogP contribution in [0.25, 0.3) is 0 Å². The van der Waals surface area contributed by atoms with Gasteiger partial charge in [0.15, 0.2) is 5.82 Å². The summed E-state index contributed by atoms with van der Waals surface area (Å²) in [5.74, 6) is -0.226. The van der Waals surface area contributed by atoms with Crippen molar-refractivity contribution in [1.82, 2.24) is 24.6 Å². The Morgan fingerprint density at radius 1 is 1.38 bits per heavy atom. The number of hydrogen-bond acceptors (Lipinski definition) is 5. The van der Waals surface area contributed by atoms with Crippen LogP contribution in [0.4, 0.5) is 4.79 Å². The lowest BCUT2D eigenvalue weighted by molar-refractivity contribution is -0.160. The molecule has 0 unspecified atom stereocenters. The van der Waals surface area contributed by atoms with Gasteiger partial charge in [0.05, 0.1) is 19.6 Å². The lowest BCUT2D eigenvalue weighted by atomic mass is 9.97. The van der Waals surface area contributed by atoms with Crippen molar-refractivity contribution in [2.45, 2.75) is 25.6 Å². The second-order valence-electron chi connectivity index (χ2n) is 5.63. The first-order chi connectivity index (χ1) is 9.97. The van der Waals surface area contributed by atoms with Crippen molar-refractivity contribution in [3.8, 4) is 0 Å². The van der Waals surface area contributed by atoms with E-state index < -0.39 is 11.6 Å². The number of amides is 2. The molecule has 1 N–H and O–H groups in total. The van der Waals surface area contributed by atoms with Crippen molar-refractivity contribution in [3.05, 3.63) is 12.2 Å². The van der Waals surface area contributed by atoms with Gasteiger partial charge < -0.3 is 24.2 Å². The molecule has 21 heavy (non-hydrogen) atoms. The number of likely N-dealkylation sites (tertiary alicyclic amines) is 1. The van der Waals surface area contributed by atoms with E-state index in [1.807, 2.05) is 11.5 Å². The molecule has 2 aliphatic rings. The van der Waals surface area contributed by atoms with E-state index in [0.29, 0.717) is 32.7 Å². The summed E-state index contributed by atoms with van der Waals surface area (Å²) >= 11 is 0. The van der Waals surface area contributed by atoms with Gasteiger partial charge in [-0.1, -0.05) is 0 Å². The van der Waals surface area contributed by atoms with Crippen LogP contribution >= 0.6 is 0 Å². The molecule has 0 atom stereocenters. The molecular weight excluding hydrogens is 278 g/mol. The molecule has 1 saturated heterocycles. The monoisotopic (exact) mass is 295 g/mol. The fraction of sp³-hybridized carbons (Fsp3) is 0.667. The molecule has 2 aliphatic heterocycles. The summed E-state index contributed by atoms with van der Waals surface area (Å²) in [5, 5.41) is 16.4. The molecule has 0 spiro atoms.